The second-order valence-corrected chi connectivity index (χ2v) is 5.76. The average Bonchev–Trinajstić information content (AvgIpc) is 2.67. The van der Waals surface area contributed by atoms with Crippen molar-refractivity contribution in [2.75, 3.05) is 13.2 Å². The summed E-state index contributed by atoms with van der Waals surface area (Å²) in [4.78, 5) is 24.7. The van der Waals surface area contributed by atoms with Crippen LogP contribution in [-0.4, -0.2) is 43.0 Å². The highest BCUT2D eigenvalue weighted by molar-refractivity contribution is 6.32. The Bertz CT molecular complexity index is 786. The van der Waals surface area contributed by atoms with E-state index in [1.165, 1.54) is 0 Å². The molecule has 0 spiro atoms. The topological polar surface area (TPSA) is 98.7 Å². The number of nitrogens with one attached hydrogen (secondary N) is 2. The normalized spacial score (nSPS) is 11.1. The summed E-state index contributed by atoms with van der Waals surface area (Å²) in [5, 5.41) is 23.1. The van der Waals surface area contributed by atoms with Crippen molar-refractivity contribution in [1.29, 1.82) is 0 Å². The molecule has 0 saturated carbocycles. The van der Waals surface area contributed by atoms with Gasteiger partial charge in [-0.25, -0.2) is 0 Å². The van der Waals surface area contributed by atoms with Crippen LogP contribution in [0, 0.1) is 0 Å². The van der Waals surface area contributed by atoms with Crippen LogP contribution in [0.3, 0.4) is 0 Å². The Morgan fingerprint density at radius 3 is 2.23 bits per heavy atom. The summed E-state index contributed by atoms with van der Waals surface area (Å²) in [6.45, 7) is -0.213. The molecule has 4 N–H and O–H groups in total. The van der Waals surface area contributed by atoms with Crippen molar-refractivity contribution in [3.63, 3.8) is 0 Å². The molecule has 0 saturated heterocycles. The number of carbonyl (C=O) groups excluding carboxylic acids is 2. The van der Waals surface area contributed by atoms with Crippen molar-refractivity contribution in [2.45, 2.75) is 6.61 Å². The van der Waals surface area contributed by atoms with E-state index in [4.69, 9.17) is 10.2 Å². The molecule has 2 amide bonds. The first-order valence-electron chi connectivity index (χ1n) is 8.22. The zero-order valence-corrected chi connectivity index (χ0v) is 14.5. The molecule has 0 radical (unpaired) electrons. The van der Waals surface area contributed by atoms with Crippen LogP contribution < -0.4 is 16.1 Å². The fourth-order valence-electron chi connectivity index (χ4n) is 2.21. The van der Waals surface area contributed by atoms with Gasteiger partial charge in [-0.1, -0.05) is 41.9 Å². The molecule has 26 heavy (non-hydrogen) atoms. The fourth-order valence-corrected chi connectivity index (χ4v) is 2.21. The monoisotopic (exact) mass is 352 g/mol. The maximum absolute atomic E-state index is 12.4. The maximum atomic E-state index is 12.4. The van der Waals surface area contributed by atoms with Crippen molar-refractivity contribution in [3.8, 4) is 0 Å². The number of rotatable bonds is 7. The Morgan fingerprint density at radius 1 is 1.00 bits per heavy atom. The van der Waals surface area contributed by atoms with E-state index in [1.54, 1.807) is 30.3 Å². The fraction of sp³-hybridized carbons (Fsp3) is 0.158. The lowest BCUT2D eigenvalue weighted by Crippen LogP contribution is -2.36. The van der Waals surface area contributed by atoms with Crippen LogP contribution in [0.25, 0.3) is 6.08 Å². The lowest BCUT2D eigenvalue weighted by atomic mass is 9.95. The number of amides is 2. The molecule has 0 fully saturated rings. The molecule has 134 valence electrons. The summed E-state index contributed by atoms with van der Waals surface area (Å²) >= 11 is 0. The average molecular weight is 352 g/mol. The molecule has 2 aromatic rings. The largest absolute Gasteiger partial charge is 0.395 e. The molecule has 0 aromatic heterocycles. The van der Waals surface area contributed by atoms with E-state index in [-0.39, 0.29) is 25.5 Å². The van der Waals surface area contributed by atoms with Gasteiger partial charge >= 0.3 is 0 Å². The quantitative estimate of drug-likeness (QED) is 0.392. The van der Waals surface area contributed by atoms with Crippen LogP contribution in [-0.2, 0) is 11.4 Å². The van der Waals surface area contributed by atoms with Gasteiger partial charge in [0.05, 0.1) is 13.2 Å². The molecule has 0 atom stereocenters. The van der Waals surface area contributed by atoms with Gasteiger partial charge in [0.25, 0.3) is 11.8 Å². The van der Waals surface area contributed by atoms with E-state index >= 15 is 0 Å². The van der Waals surface area contributed by atoms with Gasteiger partial charge in [-0.15, -0.1) is 0 Å². The van der Waals surface area contributed by atoms with E-state index in [9.17, 15) is 9.59 Å². The predicted octanol–water partition coefficient (Wildman–Crippen LogP) is -0.683. The number of benzene rings is 2. The highest BCUT2D eigenvalue weighted by Gasteiger charge is 2.14. The highest BCUT2D eigenvalue weighted by Crippen LogP contribution is 2.08. The van der Waals surface area contributed by atoms with Crippen molar-refractivity contribution < 1.29 is 19.8 Å². The smallest absolute Gasteiger partial charge is 0.267 e. The number of hydrogen-bond donors (Lipinski definition) is 4. The van der Waals surface area contributed by atoms with Gasteiger partial charge < -0.3 is 20.8 Å². The molecule has 0 heterocycles. The van der Waals surface area contributed by atoms with Gasteiger partial charge in [-0.3, -0.25) is 9.59 Å². The summed E-state index contributed by atoms with van der Waals surface area (Å²) < 4.78 is 0. The van der Waals surface area contributed by atoms with E-state index in [0.717, 1.165) is 11.0 Å². The SMILES string of the molecule is Bc1ccc(/C=C(\NC(=O)c2ccc(CO)cc2)C(=O)NCCO)cc1. The summed E-state index contributed by atoms with van der Waals surface area (Å²) in [5.41, 5.74) is 2.99. The summed E-state index contributed by atoms with van der Waals surface area (Å²) in [5.74, 6) is -0.924. The summed E-state index contributed by atoms with van der Waals surface area (Å²) in [6.07, 6.45) is 1.58. The van der Waals surface area contributed by atoms with Gasteiger partial charge in [-0.05, 0) is 29.3 Å². The molecule has 0 aliphatic carbocycles. The number of carbonyl (C=O) groups is 2. The Balaban J connectivity index is 2.23. The van der Waals surface area contributed by atoms with Crippen LogP contribution >= 0.6 is 0 Å². The standard InChI is InChI=1S/C19H21BN2O4/c20-16-7-3-13(4-8-16)11-17(19(26)21-9-10-23)22-18(25)15-5-1-14(12-24)2-6-15/h1-8,11,23-24H,9-10,12,20H2,(H,21,26)(H,22,25)/b17-11-. The lowest BCUT2D eigenvalue weighted by molar-refractivity contribution is -0.117. The van der Waals surface area contributed by atoms with Gasteiger partial charge in [0.2, 0.25) is 0 Å². The van der Waals surface area contributed by atoms with Crippen LogP contribution in [0.15, 0.2) is 54.2 Å². The van der Waals surface area contributed by atoms with Crippen LogP contribution in [0.1, 0.15) is 21.5 Å². The molecule has 7 heteroatoms. The molecular formula is C19H21BN2O4. The first-order chi connectivity index (χ1) is 12.5. The Kier molecular flexibility index (Phi) is 7.14. The molecule has 0 aliphatic rings. The van der Waals surface area contributed by atoms with Gasteiger partial charge in [0, 0.05) is 12.1 Å². The first-order valence-corrected chi connectivity index (χ1v) is 8.22. The first kappa shape index (κ1) is 19.4. The van der Waals surface area contributed by atoms with E-state index in [1.807, 2.05) is 32.1 Å². The third-order valence-corrected chi connectivity index (χ3v) is 3.68. The van der Waals surface area contributed by atoms with Gasteiger partial charge in [0.1, 0.15) is 13.5 Å². The van der Waals surface area contributed by atoms with E-state index in [0.29, 0.717) is 11.1 Å². The number of aliphatic hydroxyl groups excluding tert-OH is 2. The Morgan fingerprint density at radius 2 is 1.65 bits per heavy atom. The second kappa shape index (κ2) is 9.55. The molecule has 2 rings (SSSR count). The molecule has 0 bridgehead atoms. The van der Waals surface area contributed by atoms with Crippen molar-refractivity contribution >= 4 is 31.2 Å². The Hall–Kier alpha value is -2.90. The molecule has 0 aliphatic heterocycles. The van der Waals surface area contributed by atoms with Crippen LogP contribution in [0.5, 0.6) is 0 Å². The van der Waals surface area contributed by atoms with E-state index in [2.05, 4.69) is 10.6 Å². The summed E-state index contributed by atoms with van der Waals surface area (Å²) in [6, 6.07) is 13.9. The minimum absolute atomic E-state index is 0.0820. The van der Waals surface area contributed by atoms with Crippen molar-refractivity contribution in [3.05, 3.63) is 70.9 Å². The molecular weight excluding hydrogens is 331 g/mol. The molecule has 0 unspecified atom stereocenters. The minimum Gasteiger partial charge on any atom is -0.395 e. The lowest BCUT2D eigenvalue weighted by Gasteiger charge is -2.11. The van der Waals surface area contributed by atoms with Crippen molar-refractivity contribution in [1.82, 2.24) is 10.6 Å². The van der Waals surface area contributed by atoms with Crippen molar-refractivity contribution in [2.24, 2.45) is 0 Å². The van der Waals surface area contributed by atoms with Gasteiger partial charge in [-0.2, -0.15) is 0 Å². The second-order valence-electron chi connectivity index (χ2n) is 5.76. The van der Waals surface area contributed by atoms with Crippen LogP contribution in [0.2, 0.25) is 0 Å². The Labute approximate surface area is 153 Å². The summed E-state index contributed by atoms with van der Waals surface area (Å²) in [7, 11) is 1.96. The highest BCUT2D eigenvalue weighted by atomic mass is 16.3. The third kappa shape index (κ3) is 5.58. The van der Waals surface area contributed by atoms with Gasteiger partial charge in [0.15, 0.2) is 0 Å². The zero-order valence-electron chi connectivity index (χ0n) is 14.5. The van der Waals surface area contributed by atoms with E-state index < -0.39 is 11.8 Å². The maximum Gasteiger partial charge on any atom is 0.267 e. The minimum atomic E-state index is -0.486. The molecule has 2 aromatic carbocycles. The third-order valence-electron chi connectivity index (χ3n) is 3.68. The molecule has 6 nitrogen and oxygen atoms in total. The predicted molar refractivity (Wildman–Crippen MR) is 103 cm³/mol. The number of hydrogen-bond acceptors (Lipinski definition) is 4. The number of aliphatic hydroxyl groups is 2. The zero-order chi connectivity index (χ0) is 18.9. The van der Waals surface area contributed by atoms with Crippen LogP contribution in [0.4, 0.5) is 0 Å².